The van der Waals surface area contributed by atoms with E-state index in [4.69, 9.17) is 9.47 Å². The van der Waals surface area contributed by atoms with Gasteiger partial charge >= 0.3 is 6.61 Å². The Morgan fingerprint density at radius 1 is 1.14 bits per heavy atom. The summed E-state index contributed by atoms with van der Waals surface area (Å²) in [6, 6.07) is 8.54. The fourth-order valence-corrected chi connectivity index (χ4v) is 4.67. The molecule has 0 amide bonds. The molecule has 1 saturated heterocycles. The molecule has 11 heteroatoms. The Labute approximate surface area is 196 Å². The number of nitrogens with zero attached hydrogens (tertiary/aromatic N) is 4. The number of benzene rings is 2. The average molecular weight is 486 g/mol. The molecule has 0 bridgehead atoms. The van der Waals surface area contributed by atoms with Crippen molar-refractivity contribution in [1.82, 2.24) is 19.5 Å². The summed E-state index contributed by atoms with van der Waals surface area (Å²) in [7, 11) is 0. The Hall–Kier alpha value is -3.57. The second kappa shape index (κ2) is 7.99. The number of hydrogen-bond donors (Lipinski definition) is 1. The first-order valence-electron chi connectivity index (χ1n) is 10.9. The number of imidazole rings is 1. The maximum atomic E-state index is 15.0. The molecule has 180 valence electrons. The van der Waals surface area contributed by atoms with Gasteiger partial charge in [0.15, 0.2) is 5.82 Å². The number of aliphatic hydroxyl groups excluding tert-OH is 1. The number of aliphatic hydroxyl groups is 1. The predicted octanol–water partition coefficient (Wildman–Crippen LogP) is 4.46. The van der Waals surface area contributed by atoms with E-state index in [2.05, 4.69) is 15.0 Å². The molecule has 2 aromatic carbocycles. The Kier molecular flexibility index (Phi) is 5.01. The van der Waals surface area contributed by atoms with E-state index < -0.39 is 30.2 Å². The summed E-state index contributed by atoms with van der Waals surface area (Å²) in [5.74, 6) is -0.344. The zero-order valence-electron chi connectivity index (χ0n) is 18.0. The van der Waals surface area contributed by atoms with E-state index in [0.29, 0.717) is 28.0 Å². The maximum Gasteiger partial charge on any atom is 0.387 e. The number of halogens is 4. The summed E-state index contributed by atoms with van der Waals surface area (Å²) in [4.78, 5) is 12.5. The van der Waals surface area contributed by atoms with Crippen LogP contribution >= 0.6 is 0 Å². The largest absolute Gasteiger partial charge is 0.434 e. The first-order valence-corrected chi connectivity index (χ1v) is 10.9. The van der Waals surface area contributed by atoms with Gasteiger partial charge in [-0.3, -0.25) is 0 Å². The molecule has 2 atom stereocenters. The molecule has 1 N–H and O–H groups in total. The molecule has 4 heterocycles. The smallest absolute Gasteiger partial charge is 0.387 e. The van der Waals surface area contributed by atoms with Crippen LogP contribution in [0.4, 0.5) is 17.6 Å². The van der Waals surface area contributed by atoms with E-state index in [1.54, 1.807) is 28.8 Å². The number of fused-ring (bicyclic) bond motifs is 3. The van der Waals surface area contributed by atoms with Gasteiger partial charge in [-0.2, -0.15) is 8.78 Å². The third-order valence-electron chi connectivity index (χ3n) is 6.38. The van der Waals surface area contributed by atoms with E-state index in [9.17, 15) is 18.3 Å². The predicted molar refractivity (Wildman–Crippen MR) is 115 cm³/mol. The number of para-hydroxylation sites is 1. The summed E-state index contributed by atoms with van der Waals surface area (Å²) in [5, 5.41) is 10.6. The molecular weight excluding hydrogens is 468 g/mol. The zero-order chi connectivity index (χ0) is 24.3. The van der Waals surface area contributed by atoms with Gasteiger partial charge in [-0.1, -0.05) is 18.2 Å². The number of aromatic nitrogens is 4. The normalized spacial score (nSPS) is 20.7. The molecule has 35 heavy (non-hydrogen) atoms. The molecule has 7 nitrogen and oxygen atoms in total. The Morgan fingerprint density at radius 2 is 1.89 bits per heavy atom. The summed E-state index contributed by atoms with van der Waals surface area (Å²) in [5.41, 5.74) is -0.0396. The van der Waals surface area contributed by atoms with Crippen LogP contribution in [0.5, 0.6) is 5.75 Å². The summed E-state index contributed by atoms with van der Waals surface area (Å²) in [6.45, 7) is -3.27. The van der Waals surface area contributed by atoms with Gasteiger partial charge < -0.3 is 19.1 Å². The molecule has 6 rings (SSSR count). The lowest BCUT2D eigenvalue weighted by Crippen LogP contribution is -2.43. The molecule has 2 aromatic heterocycles. The van der Waals surface area contributed by atoms with Crippen LogP contribution < -0.4 is 4.74 Å². The van der Waals surface area contributed by atoms with Crippen molar-refractivity contribution >= 4 is 11.0 Å². The van der Waals surface area contributed by atoms with Crippen LogP contribution in [-0.4, -0.2) is 44.5 Å². The van der Waals surface area contributed by atoms with E-state index in [1.807, 2.05) is 0 Å². The molecule has 1 fully saturated rings. The van der Waals surface area contributed by atoms with Crippen LogP contribution in [0.15, 0.2) is 48.8 Å². The standard InChI is InChI=1S/C24H18F4N4O3/c25-15-6-16-18(5-14(15)12-8-29-22(30-9-12)24(28)10-34-11-24)32-17(7-19(33)21(32)31-16)13-3-1-2-4-20(13)35-23(26)27/h1-6,8-9,17,19,23,33H,7,10-11H2. The van der Waals surface area contributed by atoms with Crippen molar-refractivity contribution in [3.05, 3.63) is 71.8 Å². The monoisotopic (exact) mass is 486 g/mol. The molecule has 0 radical (unpaired) electrons. The van der Waals surface area contributed by atoms with Gasteiger partial charge in [-0.15, -0.1) is 0 Å². The minimum absolute atomic E-state index is 0.0131. The molecule has 2 unspecified atom stereocenters. The third-order valence-corrected chi connectivity index (χ3v) is 6.38. The fourth-order valence-electron chi connectivity index (χ4n) is 4.67. The van der Waals surface area contributed by atoms with Crippen molar-refractivity contribution in [2.45, 2.75) is 30.8 Å². The van der Waals surface area contributed by atoms with Crippen LogP contribution in [0, 0.1) is 5.82 Å². The van der Waals surface area contributed by atoms with Gasteiger partial charge in [0.1, 0.15) is 23.5 Å². The lowest BCUT2D eigenvalue weighted by Gasteiger charge is -2.31. The first kappa shape index (κ1) is 21.9. The fraction of sp³-hybridized carbons (Fsp3) is 0.292. The highest BCUT2D eigenvalue weighted by molar-refractivity contribution is 5.83. The highest BCUT2D eigenvalue weighted by atomic mass is 19.3. The van der Waals surface area contributed by atoms with Crippen molar-refractivity contribution in [3.63, 3.8) is 0 Å². The molecule has 0 aliphatic carbocycles. The number of alkyl halides is 3. The average Bonchev–Trinajstić information content (AvgIpc) is 3.34. The minimum atomic E-state index is -3.01. The maximum absolute atomic E-state index is 15.0. The van der Waals surface area contributed by atoms with Gasteiger partial charge in [0.05, 0.1) is 30.3 Å². The van der Waals surface area contributed by atoms with Crippen LogP contribution in [0.25, 0.3) is 22.2 Å². The molecule has 0 saturated carbocycles. The molecule has 2 aliphatic heterocycles. The van der Waals surface area contributed by atoms with E-state index in [1.165, 1.54) is 24.5 Å². The van der Waals surface area contributed by atoms with Crippen molar-refractivity contribution in [3.8, 4) is 16.9 Å². The van der Waals surface area contributed by atoms with Crippen molar-refractivity contribution < 1.29 is 32.1 Å². The Morgan fingerprint density at radius 3 is 2.57 bits per heavy atom. The lowest BCUT2D eigenvalue weighted by atomic mass is 10.0. The van der Waals surface area contributed by atoms with Crippen LogP contribution in [0.3, 0.4) is 0 Å². The van der Waals surface area contributed by atoms with E-state index in [-0.39, 0.29) is 36.8 Å². The molecule has 2 aliphatic rings. The second-order valence-corrected chi connectivity index (χ2v) is 8.60. The molecule has 0 spiro atoms. The van der Waals surface area contributed by atoms with Crippen LogP contribution in [-0.2, 0) is 10.4 Å². The highest BCUT2D eigenvalue weighted by Crippen LogP contribution is 2.44. The summed E-state index contributed by atoms with van der Waals surface area (Å²) >= 11 is 0. The SMILES string of the molecule is OC1CC(c2ccccc2OC(F)F)n2c1nc1cc(F)c(-c3cnc(C4(F)COC4)nc3)cc12. The van der Waals surface area contributed by atoms with Crippen molar-refractivity contribution in [2.24, 2.45) is 0 Å². The first-order chi connectivity index (χ1) is 16.8. The van der Waals surface area contributed by atoms with Crippen molar-refractivity contribution in [2.75, 3.05) is 13.2 Å². The quantitative estimate of drug-likeness (QED) is 0.420. The Balaban J connectivity index is 1.45. The van der Waals surface area contributed by atoms with Crippen LogP contribution in [0.1, 0.15) is 35.8 Å². The van der Waals surface area contributed by atoms with Gasteiger partial charge in [0.2, 0.25) is 5.67 Å². The number of rotatable bonds is 5. The van der Waals surface area contributed by atoms with E-state index in [0.717, 1.165) is 0 Å². The van der Waals surface area contributed by atoms with Gasteiger partial charge in [0, 0.05) is 41.6 Å². The number of ether oxygens (including phenoxy) is 2. The molecular formula is C24H18F4N4O3. The topological polar surface area (TPSA) is 82.3 Å². The third kappa shape index (κ3) is 3.53. The van der Waals surface area contributed by atoms with Gasteiger partial charge in [-0.05, 0) is 12.1 Å². The highest BCUT2D eigenvalue weighted by Gasteiger charge is 2.43. The van der Waals surface area contributed by atoms with E-state index >= 15 is 4.39 Å². The Bertz CT molecular complexity index is 1420. The summed E-state index contributed by atoms with van der Waals surface area (Å²) in [6.07, 6.45) is 1.89. The van der Waals surface area contributed by atoms with Crippen LogP contribution in [0.2, 0.25) is 0 Å². The van der Waals surface area contributed by atoms with Crippen molar-refractivity contribution in [1.29, 1.82) is 0 Å². The number of hydrogen-bond acceptors (Lipinski definition) is 6. The lowest BCUT2D eigenvalue weighted by molar-refractivity contribution is -0.140. The zero-order valence-corrected chi connectivity index (χ0v) is 18.0. The second-order valence-electron chi connectivity index (χ2n) is 8.60. The minimum Gasteiger partial charge on any atom is -0.434 e. The van der Waals surface area contributed by atoms with Gasteiger partial charge in [-0.25, -0.2) is 23.7 Å². The van der Waals surface area contributed by atoms with Gasteiger partial charge in [0.25, 0.3) is 0 Å². The molecule has 4 aromatic rings. The summed E-state index contributed by atoms with van der Waals surface area (Å²) < 4.78 is 66.8.